The Kier molecular flexibility index (Phi) is 6.13. The predicted octanol–water partition coefficient (Wildman–Crippen LogP) is 4.20. The first kappa shape index (κ1) is 22.1. The van der Waals surface area contributed by atoms with Crippen LogP contribution in [0.2, 0.25) is 0 Å². The van der Waals surface area contributed by atoms with Gasteiger partial charge in [0.05, 0.1) is 19.1 Å². The summed E-state index contributed by atoms with van der Waals surface area (Å²) in [5.41, 5.74) is 3.28. The molecule has 0 aliphatic carbocycles. The standard InChI is InChI=1S/C26H25N3O4/c1-16(30)27-18-10-12-19(13-11-18)28-25(31)23-21-6-4-5-7-22(21)26(32)29(2)24(23)17-8-14-20(33-3)15-9-17/h4-15,23-24H,1-3H3,(H,27,30)(H,28,31)/t23-,24+/m1/s1. The Hall–Kier alpha value is -4.13. The van der Waals surface area contributed by atoms with Crippen LogP contribution in [-0.4, -0.2) is 36.8 Å². The molecule has 7 heteroatoms. The van der Waals surface area contributed by atoms with Gasteiger partial charge in [-0.2, -0.15) is 0 Å². The van der Waals surface area contributed by atoms with Crippen LogP contribution in [0.1, 0.15) is 40.4 Å². The maximum atomic E-state index is 13.6. The number of amides is 3. The molecule has 0 saturated heterocycles. The second-order valence-electron chi connectivity index (χ2n) is 7.95. The zero-order valence-electron chi connectivity index (χ0n) is 18.7. The number of anilines is 2. The van der Waals surface area contributed by atoms with Crippen LogP contribution in [0.4, 0.5) is 11.4 Å². The topological polar surface area (TPSA) is 87.7 Å². The summed E-state index contributed by atoms with van der Waals surface area (Å²) in [5, 5.41) is 5.68. The molecule has 1 aliphatic heterocycles. The van der Waals surface area contributed by atoms with Gasteiger partial charge in [0.2, 0.25) is 11.8 Å². The fraction of sp³-hybridized carbons (Fsp3) is 0.192. The molecule has 2 atom stereocenters. The highest BCUT2D eigenvalue weighted by molar-refractivity contribution is 6.04. The summed E-state index contributed by atoms with van der Waals surface area (Å²) in [5.74, 6) is -0.442. The summed E-state index contributed by atoms with van der Waals surface area (Å²) in [6, 6.07) is 21.0. The molecular weight excluding hydrogens is 418 g/mol. The number of benzene rings is 3. The van der Waals surface area contributed by atoms with Crippen molar-refractivity contribution in [3.8, 4) is 5.75 Å². The van der Waals surface area contributed by atoms with Crippen molar-refractivity contribution in [2.24, 2.45) is 0 Å². The lowest BCUT2D eigenvalue weighted by Gasteiger charge is -2.39. The van der Waals surface area contributed by atoms with Crippen molar-refractivity contribution >= 4 is 29.1 Å². The third-order valence-corrected chi connectivity index (χ3v) is 5.79. The maximum Gasteiger partial charge on any atom is 0.254 e. The van der Waals surface area contributed by atoms with Crippen molar-refractivity contribution in [1.29, 1.82) is 0 Å². The van der Waals surface area contributed by atoms with Gasteiger partial charge in [0.1, 0.15) is 5.75 Å². The van der Waals surface area contributed by atoms with Gasteiger partial charge in [0.15, 0.2) is 0 Å². The van der Waals surface area contributed by atoms with E-state index in [9.17, 15) is 14.4 Å². The molecular formula is C26H25N3O4. The monoisotopic (exact) mass is 443 g/mol. The van der Waals surface area contributed by atoms with Crippen LogP contribution in [0.25, 0.3) is 0 Å². The van der Waals surface area contributed by atoms with Crippen LogP contribution >= 0.6 is 0 Å². The Labute approximate surface area is 192 Å². The fourth-order valence-corrected chi connectivity index (χ4v) is 4.23. The van der Waals surface area contributed by atoms with Crippen LogP contribution < -0.4 is 15.4 Å². The average molecular weight is 444 g/mol. The molecule has 33 heavy (non-hydrogen) atoms. The highest BCUT2D eigenvalue weighted by Crippen LogP contribution is 2.42. The van der Waals surface area contributed by atoms with E-state index in [1.165, 1.54) is 6.92 Å². The lowest BCUT2D eigenvalue weighted by Crippen LogP contribution is -2.44. The smallest absolute Gasteiger partial charge is 0.254 e. The van der Waals surface area contributed by atoms with Crippen LogP contribution in [0.15, 0.2) is 72.8 Å². The first-order chi connectivity index (χ1) is 15.9. The fourth-order valence-electron chi connectivity index (χ4n) is 4.23. The van der Waals surface area contributed by atoms with E-state index in [-0.39, 0.29) is 17.7 Å². The molecule has 2 N–H and O–H groups in total. The number of hydrogen-bond donors (Lipinski definition) is 2. The number of rotatable bonds is 5. The van der Waals surface area contributed by atoms with Crippen LogP contribution in [0.3, 0.4) is 0 Å². The summed E-state index contributed by atoms with van der Waals surface area (Å²) in [6.07, 6.45) is 0. The van der Waals surface area contributed by atoms with Crippen LogP contribution in [0, 0.1) is 0 Å². The molecule has 0 unspecified atom stereocenters. The Bertz CT molecular complexity index is 1190. The summed E-state index contributed by atoms with van der Waals surface area (Å²) < 4.78 is 5.26. The molecule has 0 aromatic heterocycles. The second-order valence-corrected chi connectivity index (χ2v) is 7.95. The molecule has 1 aliphatic rings. The largest absolute Gasteiger partial charge is 0.497 e. The summed E-state index contributed by atoms with van der Waals surface area (Å²) in [4.78, 5) is 39.6. The summed E-state index contributed by atoms with van der Waals surface area (Å²) in [6.45, 7) is 1.44. The first-order valence-corrected chi connectivity index (χ1v) is 10.6. The third kappa shape index (κ3) is 4.43. The number of hydrogen-bond acceptors (Lipinski definition) is 4. The number of nitrogens with one attached hydrogen (secondary N) is 2. The second kappa shape index (κ2) is 9.16. The van der Waals surface area contributed by atoms with Crippen molar-refractivity contribution in [2.45, 2.75) is 18.9 Å². The lowest BCUT2D eigenvalue weighted by molar-refractivity contribution is -0.119. The highest BCUT2D eigenvalue weighted by Gasteiger charge is 2.42. The molecule has 4 rings (SSSR count). The molecule has 168 valence electrons. The molecule has 0 saturated carbocycles. The van der Waals surface area contributed by atoms with Gasteiger partial charge in [-0.25, -0.2) is 0 Å². The minimum atomic E-state index is -0.618. The van der Waals surface area contributed by atoms with Crippen molar-refractivity contribution in [2.75, 3.05) is 24.8 Å². The molecule has 7 nitrogen and oxygen atoms in total. The van der Waals surface area contributed by atoms with E-state index in [2.05, 4.69) is 10.6 Å². The molecule has 0 radical (unpaired) electrons. The van der Waals surface area contributed by atoms with E-state index in [0.717, 1.165) is 5.56 Å². The van der Waals surface area contributed by atoms with Gasteiger partial charge >= 0.3 is 0 Å². The van der Waals surface area contributed by atoms with Gasteiger partial charge in [0, 0.05) is 30.9 Å². The van der Waals surface area contributed by atoms with Crippen molar-refractivity contribution in [3.05, 3.63) is 89.5 Å². The minimum Gasteiger partial charge on any atom is -0.497 e. The molecule has 0 fully saturated rings. The third-order valence-electron chi connectivity index (χ3n) is 5.79. The summed E-state index contributed by atoms with van der Waals surface area (Å²) >= 11 is 0. The maximum absolute atomic E-state index is 13.6. The number of likely N-dealkylation sites (N-methyl/N-ethyl adjacent to an activating group) is 1. The average Bonchev–Trinajstić information content (AvgIpc) is 2.82. The van der Waals surface area contributed by atoms with Gasteiger partial charge in [-0.15, -0.1) is 0 Å². The number of ether oxygens (including phenoxy) is 1. The molecule has 0 bridgehead atoms. The molecule has 3 aromatic rings. The lowest BCUT2D eigenvalue weighted by atomic mass is 9.79. The molecule has 3 amide bonds. The number of nitrogens with zero attached hydrogens (tertiary/aromatic N) is 1. The van der Waals surface area contributed by atoms with Gasteiger partial charge in [-0.1, -0.05) is 30.3 Å². The van der Waals surface area contributed by atoms with E-state index in [4.69, 9.17) is 4.74 Å². The SMILES string of the molecule is COc1ccc([C@H]2[C@H](C(=O)Nc3ccc(NC(C)=O)cc3)c3ccccc3C(=O)N2C)cc1. The number of fused-ring (bicyclic) bond motifs is 1. The zero-order valence-corrected chi connectivity index (χ0v) is 18.7. The van der Waals surface area contributed by atoms with Crippen LogP contribution in [0.5, 0.6) is 5.75 Å². The molecule has 0 spiro atoms. The van der Waals surface area contributed by atoms with Crippen molar-refractivity contribution in [3.63, 3.8) is 0 Å². The van der Waals surface area contributed by atoms with Crippen molar-refractivity contribution in [1.82, 2.24) is 4.90 Å². The highest BCUT2D eigenvalue weighted by atomic mass is 16.5. The Balaban J connectivity index is 1.70. The molecule has 1 heterocycles. The quantitative estimate of drug-likeness (QED) is 0.619. The van der Waals surface area contributed by atoms with E-state index >= 15 is 0 Å². The van der Waals surface area contributed by atoms with Gasteiger partial charge < -0.3 is 20.3 Å². The zero-order chi connectivity index (χ0) is 23.5. The van der Waals surface area contributed by atoms with Gasteiger partial charge in [-0.3, -0.25) is 14.4 Å². The predicted molar refractivity (Wildman–Crippen MR) is 126 cm³/mol. The number of carbonyl (C=O) groups excluding carboxylic acids is 3. The Morgan fingerprint density at radius 2 is 1.48 bits per heavy atom. The van der Waals surface area contributed by atoms with Gasteiger partial charge in [-0.05, 0) is 53.6 Å². The Morgan fingerprint density at radius 1 is 0.879 bits per heavy atom. The van der Waals surface area contributed by atoms with Crippen LogP contribution in [-0.2, 0) is 9.59 Å². The number of methoxy groups -OCH3 is 1. The Morgan fingerprint density at radius 3 is 2.09 bits per heavy atom. The van der Waals surface area contributed by atoms with Gasteiger partial charge in [0.25, 0.3) is 5.91 Å². The van der Waals surface area contributed by atoms with E-state index in [1.807, 2.05) is 36.4 Å². The molecule has 3 aromatic carbocycles. The van der Waals surface area contributed by atoms with Crippen molar-refractivity contribution < 1.29 is 19.1 Å². The first-order valence-electron chi connectivity index (χ1n) is 10.6. The normalized spacial score (nSPS) is 17.2. The van der Waals surface area contributed by atoms with E-state index in [0.29, 0.717) is 28.3 Å². The van der Waals surface area contributed by atoms with E-state index < -0.39 is 12.0 Å². The minimum absolute atomic E-state index is 0.130. The summed E-state index contributed by atoms with van der Waals surface area (Å²) in [7, 11) is 3.31. The van der Waals surface area contributed by atoms with E-state index in [1.54, 1.807) is 55.5 Å². The number of carbonyl (C=O) groups is 3.